The zero-order chi connectivity index (χ0) is 21.4. The average molecular weight is 462 g/mol. The van der Waals surface area contributed by atoms with Gasteiger partial charge < -0.3 is 5.11 Å². The molecule has 1 heterocycles. The lowest BCUT2D eigenvalue weighted by atomic mass is 9.96. The number of carboxylic acids is 1. The minimum Gasteiger partial charge on any atom is -0.477 e. The monoisotopic (exact) mass is 461 g/mol. The number of pyridine rings is 1. The van der Waals surface area contributed by atoms with Gasteiger partial charge in [-0.3, -0.25) is 9.36 Å². The average Bonchev–Trinajstić information content (AvgIpc) is 2.72. The maximum atomic E-state index is 13.4. The number of aromatic carboxylic acids is 1. The van der Waals surface area contributed by atoms with Gasteiger partial charge in [-0.1, -0.05) is 64.5 Å². The Hall–Kier alpha value is -3.18. The second-order valence-electron chi connectivity index (χ2n) is 7.39. The van der Waals surface area contributed by atoms with E-state index in [1.165, 1.54) is 4.57 Å². The van der Waals surface area contributed by atoms with Crippen LogP contribution in [-0.2, 0) is 6.54 Å². The number of hydrogen-bond donors (Lipinski definition) is 1. The van der Waals surface area contributed by atoms with Gasteiger partial charge in [0.2, 0.25) is 0 Å². The molecule has 0 radical (unpaired) electrons. The highest BCUT2D eigenvalue weighted by Crippen LogP contribution is 2.32. The summed E-state index contributed by atoms with van der Waals surface area (Å²) in [6.07, 6.45) is 0. The van der Waals surface area contributed by atoms with Crippen LogP contribution in [0.25, 0.3) is 21.9 Å². The third-order valence-corrected chi connectivity index (χ3v) is 5.90. The Kier molecular flexibility index (Phi) is 5.31. The van der Waals surface area contributed by atoms with Crippen molar-refractivity contribution in [3.05, 3.63) is 104 Å². The van der Waals surface area contributed by atoms with Gasteiger partial charge in [-0.25, -0.2) is 4.79 Å². The van der Waals surface area contributed by atoms with Crippen molar-refractivity contribution >= 4 is 32.7 Å². The summed E-state index contributed by atoms with van der Waals surface area (Å²) in [7, 11) is 0. The van der Waals surface area contributed by atoms with E-state index < -0.39 is 5.97 Å². The summed E-state index contributed by atoms with van der Waals surface area (Å²) >= 11 is 3.46. The summed E-state index contributed by atoms with van der Waals surface area (Å²) in [5, 5.41) is 11.3. The Balaban J connectivity index is 2.09. The summed E-state index contributed by atoms with van der Waals surface area (Å²) in [6, 6.07) is 20.6. The Morgan fingerprint density at radius 1 is 0.933 bits per heavy atom. The summed E-state index contributed by atoms with van der Waals surface area (Å²) in [4.78, 5) is 25.8. The van der Waals surface area contributed by atoms with Gasteiger partial charge in [0.25, 0.3) is 5.56 Å². The van der Waals surface area contributed by atoms with Crippen LogP contribution < -0.4 is 5.56 Å². The third-order valence-electron chi connectivity index (χ3n) is 5.41. The van der Waals surface area contributed by atoms with Crippen molar-refractivity contribution in [1.29, 1.82) is 0 Å². The predicted octanol–water partition coefficient (Wildman–Crippen LogP) is 5.79. The highest BCUT2D eigenvalue weighted by Gasteiger charge is 2.23. The lowest BCUT2D eigenvalue weighted by molar-refractivity contribution is 0.0685. The molecule has 4 rings (SSSR count). The molecule has 0 amide bonds. The van der Waals surface area contributed by atoms with E-state index in [0.717, 1.165) is 26.7 Å². The first kappa shape index (κ1) is 20.1. The van der Waals surface area contributed by atoms with Gasteiger partial charge in [0.1, 0.15) is 5.69 Å². The molecule has 0 spiro atoms. The van der Waals surface area contributed by atoms with Crippen molar-refractivity contribution in [3.63, 3.8) is 0 Å². The van der Waals surface area contributed by atoms with Crippen molar-refractivity contribution in [3.8, 4) is 11.1 Å². The summed E-state index contributed by atoms with van der Waals surface area (Å²) in [6.45, 7) is 4.22. The largest absolute Gasteiger partial charge is 0.477 e. The number of fused-ring (bicyclic) bond motifs is 1. The van der Waals surface area contributed by atoms with Crippen LogP contribution in [0.1, 0.15) is 27.2 Å². The molecule has 1 N–H and O–H groups in total. The lowest BCUT2D eigenvalue weighted by Gasteiger charge is -2.18. The zero-order valence-electron chi connectivity index (χ0n) is 16.6. The first-order chi connectivity index (χ1) is 14.4. The SMILES string of the molecule is Cc1ccc(Cn2c(C(=O)O)c(-c3ccccc3)c3cc(Br)ccc3c2=O)cc1C. The second-order valence-corrected chi connectivity index (χ2v) is 8.31. The minimum atomic E-state index is -1.13. The van der Waals surface area contributed by atoms with Gasteiger partial charge in [-0.15, -0.1) is 0 Å². The maximum Gasteiger partial charge on any atom is 0.353 e. The number of nitrogens with zero attached hydrogens (tertiary/aromatic N) is 1. The number of halogens is 1. The summed E-state index contributed by atoms with van der Waals surface area (Å²) in [5.74, 6) is -1.13. The molecule has 5 heteroatoms. The molecule has 0 saturated heterocycles. The van der Waals surface area contributed by atoms with Crippen LogP contribution >= 0.6 is 15.9 Å². The molecule has 1 aromatic heterocycles. The second kappa shape index (κ2) is 7.92. The summed E-state index contributed by atoms with van der Waals surface area (Å²) < 4.78 is 2.17. The third kappa shape index (κ3) is 3.57. The summed E-state index contributed by atoms with van der Waals surface area (Å²) in [5.41, 5.74) is 4.12. The van der Waals surface area contributed by atoms with Crippen LogP contribution in [0.2, 0.25) is 0 Å². The molecule has 4 aromatic rings. The lowest BCUT2D eigenvalue weighted by Crippen LogP contribution is -2.28. The molecule has 0 bridgehead atoms. The fourth-order valence-corrected chi connectivity index (χ4v) is 4.14. The molecule has 0 unspecified atom stereocenters. The smallest absolute Gasteiger partial charge is 0.353 e. The number of aryl methyl sites for hydroxylation is 2. The normalized spacial score (nSPS) is 11.0. The molecule has 30 heavy (non-hydrogen) atoms. The van der Waals surface area contributed by atoms with E-state index in [0.29, 0.717) is 16.3 Å². The highest BCUT2D eigenvalue weighted by molar-refractivity contribution is 9.10. The zero-order valence-corrected chi connectivity index (χ0v) is 18.2. The van der Waals surface area contributed by atoms with Gasteiger partial charge in [0, 0.05) is 15.4 Å². The molecule has 0 atom stereocenters. The number of hydrogen-bond acceptors (Lipinski definition) is 2. The Morgan fingerprint density at radius 3 is 2.33 bits per heavy atom. The fraction of sp³-hybridized carbons (Fsp3) is 0.120. The Labute approximate surface area is 182 Å². The fourth-order valence-electron chi connectivity index (χ4n) is 3.77. The predicted molar refractivity (Wildman–Crippen MR) is 123 cm³/mol. The number of benzene rings is 3. The van der Waals surface area contributed by atoms with Crippen LogP contribution in [0.4, 0.5) is 0 Å². The highest BCUT2D eigenvalue weighted by atomic mass is 79.9. The molecular weight excluding hydrogens is 442 g/mol. The van der Waals surface area contributed by atoms with Crippen LogP contribution in [0.3, 0.4) is 0 Å². The van der Waals surface area contributed by atoms with Crippen LogP contribution in [0, 0.1) is 13.8 Å². The standard InChI is InChI=1S/C25H20BrNO3/c1-15-8-9-17(12-16(15)2)14-27-23(25(29)30)22(18-6-4-3-5-7-18)21-13-19(26)10-11-20(21)24(27)28/h3-13H,14H2,1-2H3,(H,29,30). The van der Waals surface area contributed by atoms with Crippen LogP contribution in [0.15, 0.2) is 76.0 Å². The van der Waals surface area contributed by atoms with Gasteiger partial charge in [-0.2, -0.15) is 0 Å². The topological polar surface area (TPSA) is 59.3 Å². The molecule has 0 fully saturated rings. The van der Waals surface area contributed by atoms with Gasteiger partial charge in [0.05, 0.1) is 6.54 Å². The van der Waals surface area contributed by atoms with E-state index in [-0.39, 0.29) is 17.8 Å². The van der Waals surface area contributed by atoms with Gasteiger partial charge in [0.15, 0.2) is 0 Å². The molecule has 0 aliphatic heterocycles. The van der Waals surface area contributed by atoms with Crippen molar-refractivity contribution in [2.45, 2.75) is 20.4 Å². The van der Waals surface area contributed by atoms with Gasteiger partial charge >= 0.3 is 5.97 Å². The van der Waals surface area contributed by atoms with E-state index in [1.54, 1.807) is 12.1 Å². The van der Waals surface area contributed by atoms with E-state index in [9.17, 15) is 14.7 Å². The quantitative estimate of drug-likeness (QED) is 0.418. The number of carboxylic acid groups (broad SMARTS) is 1. The van der Waals surface area contributed by atoms with Gasteiger partial charge in [-0.05, 0) is 59.7 Å². The van der Waals surface area contributed by atoms with E-state index in [1.807, 2.05) is 68.4 Å². The number of rotatable bonds is 4. The molecule has 0 aliphatic carbocycles. The first-order valence-corrected chi connectivity index (χ1v) is 10.4. The molecule has 150 valence electrons. The molecule has 4 nitrogen and oxygen atoms in total. The molecule has 0 aliphatic rings. The molecule has 0 saturated carbocycles. The van der Waals surface area contributed by atoms with Crippen LogP contribution in [-0.4, -0.2) is 15.6 Å². The van der Waals surface area contributed by atoms with E-state index in [4.69, 9.17) is 0 Å². The van der Waals surface area contributed by atoms with E-state index in [2.05, 4.69) is 15.9 Å². The molecule has 3 aromatic carbocycles. The minimum absolute atomic E-state index is 0.00460. The Bertz CT molecular complexity index is 1340. The van der Waals surface area contributed by atoms with Crippen LogP contribution in [0.5, 0.6) is 0 Å². The van der Waals surface area contributed by atoms with Crippen molar-refractivity contribution in [2.75, 3.05) is 0 Å². The number of carbonyl (C=O) groups is 1. The van der Waals surface area contributed by atoms with E-state index >= 15 is 0 Å². The van der Waals surface area contributed by atoms with Crippen molar-refractivity contribution in [1.82, 2.24) is 4.57 Å². The Morgan fingerprint density at radius 2 is 1.67 bits per heavy atom. The van der Waals surface area contributed by atoms with Crippen molar-refractivity contribution in [2.24, 2.45) is 0 Å². The first-order valence-electron chi connectivity index (χ1n) is 9.57. The number of aromatic nitrogens is 1. The van der Waals surface area contributed by atoms with Crippen molar-refractivity contribution < 1.29 is 9.90 Å². The molecular formula is C25H20BrNO3. The maximum absolute atomic E-state index is 13.4.